The predicted molar refractivity (Wildman–Crippen MR) is 228 cm³/mol. The Balaban J connectivity index is 0.975. The summed E-state index contributed by atoms with van der Waals surface area (Å²) in [5, 5.41) is 8.51. The lowest BCUT2D eigenvalue weighted by molar-refractivity contribution is 0.0133. The lowest BCUT2D eigenvalue weighted by Crippen LogP contribution is -2.74. The number of nitrogens with zero attached hydrogens (tertiary/aromatic N) is 5. The number of para-hydroxylation sites is 2. The minimum Gasteiger partial charge on any atom is -0.352 e. The van der Waals surface area contributed by atoms with Gasteiger partial charge >= 0.3 is 0 Å². The van der Waals surface area contributed by atoms with Gasteiger partial charge in [-0.2, -0.15) is 0 Å². The van der Waals surface area contributed by atoms with Crippen molar-refractivity contribution in [2.45, 2.75) is 149 Å². The molecule has 4 saturated heterocycles. The van der Waals surface area contributed by atoms with Crippen LogP contribution in [0, 0.1) is 11.8 Å². The summed E-state index contributed by atoms with van der Waals surface area (Å²) < 4.78 is 0. The third-order valence-corrected chi connectivity index (χ3v) is 18.2. The van der Waals surface area contributed by atoms with E-state index < -0.39 is 0 Å². The van der Waals surface area contributed by atoms with E-state index in [1.54, 1.807) is 11.6 Å². The van der Waals surface area contributed by atoms with Crippen LogP contribution >= 0.6 is 0 Å². The second kappa shape index (κ2) is 12.4. The monoisotopic (exact) mass is 755 g/mol. The zero-order valence-electron chi connectivity index (χ0n) is 33.4. The van der Waals surface area contributed by atoms with Crippen LogP contribution in [-0.2, 0) is 0 Å². The van der Waals surface area contributed by atoms with E-state index in [0.29, 0.717) is 71.9 Å². The van der Waals surface area contributed by atoms with Crippen molar-refractivity contribution >= 4 is 18.1 Å². The number of nitrogens with one attached hydrogen (secondary N) is 2. The maximum atomic E-state index is 5.20. The summed E-state index contributed by atoms with van der Waals surface area (Å²) in [6, 6.07) is 34.4. The molecule has 2 aromatic carbocycles. The molecule has 8 heteroatoms. The van der Waals surface area contributed by atoms with Gasteiger partial charge in [-0.1, -0.05) is 68.1 Å². The third-order valence-electron chi connectivity index (χ3n) is 18.2. The van der Waals surface area contributed by atoms with Gasteiger partial charge in [-0.25, -0.2) is 0 Å². The highest BCUT2D eigenvalue weighted by atomic mass is 15.5. The normalized spacial score (nSPS) is 42.0. The number of piperidine rings is 2. The number of pyridine rings is 1. The fourth-order valence-corrected chi connectivity index (χ4v) is 16.8. The lowest BCUT2D eigenvalue weighted by Gasteiger charge is -2.68. The summed E-state index contributed by atoms with van der Waals surface area (Å²) in [6.07, 6.45) is 18.0. The van der Waals surface area contributed by atoms with Crippen molar-refractivity contribution in [3.05, 3.63) is 114 Å². The van der Waals surface area contributed by atoms with E-state index in [1.165, 1.54) is 101 Å². The molecule has 7 fully saturated rings. The molecule has 9 heterocycles. The largest absolute Gasteiger partial charge is 0.352 e. The second-order valence-electron chi connectivity index (χ2n) is 20.2. The summed E-state index contributed by atoms with van der Waals surface area (Å²) >= 11 is 0. The Labute approximate surface area is 339 Å². The Morgan fingerprint density at radius 3 is 1.96 bits per heavy atom. The van der Waals surface area contributed by atoms with Crippen molar-refractivity contribution in [1.29, 1.82) is 0 Å². The third kappa shape index (κ3) is 4.35. The van der Waals surface area contributed by atoms with Crippen molar-refractivity contribution in [3.63, 3.8) is 0 Å². The minimum atomic E-state index is 0.457. The minimum absolute atomic E-state index is 0.457. The molecular weight excluding hydrogens is 697 g/mol. The van der Waals surface area contributed by atoms with E-state index in [0.717, 1.165) is 24.9 Å². The highest BCUT2D eigenvalue weighted by molar-refractivity contribution is 6.65. The first-order chi connectivity index (χ1) is 28.3. The van der Waals surface area contributed by atoms with Gasteiger partial charge in [0.25, 0.3) is 0 Å². The Morgan fingerprint density at radius 1 is 0.544 bits per heavy atom. The van der Waals surface area contributed by atoms with Crippen LogP contribution in [0.2, 0.25) is 17.5 Å². The molecule has 8 aliphatic heterocycles. The van der Waals surface area contributed by atoms with E-state index in [9.17, 15) is 0 Å². The fourth-order valence-electron chi connectivity index (χ4n) is 16.8. The second-order valence-corrected chi connectivity index (χ2v) is 20.2. The van der Waals surface area contributed by atoms with Crippen molar-refractivity contribution < 1.29 is 0 Å². The van der Waals surface area contributed by atoms with Gasteiger partial charge in [0.15, 0.2) is 6.71 Å². The summed E-state index contributed by atoms with van der Waals surface area (Å²) in [5.41, 5.74) is 7.81. The van der Waals surface area contributed by atoms with Gasteiger partial charge in [-0.3, -0.25) is 4.98 Å². The molecule has 14 rings (SSSR count). The molecule has 0 spiro atoms. The molecule has 2 N–H and O–H groups in total. The number of benzene rings is 2. The average Bonchev–Trinajstić information content (AvgIpc) is 4.00. The molecule has 14 unspecified atom stereocenters. The first-order valence-corrected chi connectivity index (χ1v) is 23.5. The summed E-state index contributed by atoms with van der Waals surface area (Å²) in [6.45, 7) is 3.14. The number of rotatable bonds is 3. The van der Waals surface area contributed by atoms with Crippen LogP contribution in [0.4, 0.5) is 11.4 Å². The molecular formula is C49H58BN7. The Kier molecular flexibility index (Phi) is 7.20. The van der Waals surface area contributed by atoms with Crippen LogP contribution in [0.3, 0.4) is 0 Å². The van der Waals surface area contributed by atoms with Gasteiger partial charge in [0.2, 0.25) is 0 Å². The van der Waals surface area contributed by atoms with E-state index >= 15 is 0 Å². The van der Waals surface area contributed by atoms with Crippen molar-refractivity contribution in [2.24, 2.45) is 11.8 Å². The summed E-state index contributed by atoms with van der Waals surface area (Å²) in [5.74, 6) is 7.31. The number of fused-ring (bicyclic) bond motifs is 12. The van der Waals surface area contributed by atoms with E-state index in [2.05, 4.69) is 115 Å². The van der Waals surface area contributed by atoms with Crippen LogP contribution < -0.4 is 20.4 Å². The van der Waals surface area contributed by atoms with Crippen LogP contribution in [0.1, 0.15) is 88.7 Å². The van der Waals surface area contributed by atoms with E-state index in [4.69, 9.17) is 4.98 Å². The SMILES string of the molecule is c1ccc(N2C3=C(C4CCCCC42)C2NCCC4B5C6CCCC7C8=C(N(c9ccccc9)C9CCCNC89)N(C8CC(c9ccccn9)CC(C58)N3C42)C67)cc1. The zero-order chi connectivity index (χ0) is 36.9. The molecule has 7 nitrogen and oxygen atoms in total. The molecule has 14 atom stereocenters. The van der Waals surface area contributed by atoms with E-state index in [1.807, 2.05) is 11.1 Å². The standard InChI is InChI=1S/C49H58BN7/c1-3-13-30(14-4-1)54-37-21-8-7-17-32(37)41-45-47-35(23-26-53-45)50-34-19-11-18-33-42-44-38(22-12-25-52-44)55(31-15-5-2-6-16-31)49(42)56(46(33)34)39-27-29(36-20-9-10-24-51-36)28-40(43(39)50)57(47)48(41)54/h1-6,9-10,13-16,20,24,29,32-35,37-40,43-47,52-53H,7-8,11-12,17-19,21-23,25-28H2. The summed E-state index contributed by atoms with van der Waals surface area (Å²) in [4.78, 5) is 17.5. The number of hydrogen-bond acceptors (Lipinski definition) is 7. The first-order valence-electron chi connectivity index (χ1n) is 23.5. The molecule has 11 aliphatic rings. The molecule has 3 saturated carbocycles. The van der Waals surface area contributed by atoms with Crippen molar-refractivity contribution in [2.75, 3.05) is 22.9 Å². The zero-order valence-corrected chi connectivity index (χ0v) is 33.4. The molecule has 3 aliphatic carbocycles. The maximum absolute atomic E-state index is 5.20. The highest BCUT2D eigenvalue weighted by Crippen LogP contribution is 2.69. The quantitative estimate of drug-likeness (QED) is 0.263. The van der Waals surface area contributed by atoms with Crippen LogP contribution in [0.15, 0.2) is 108 Å². The highest BCUT2D eigenvalue weighted by Gasteiger charge is 2.72. The van der Waals surface area contributed by atoms with Crippen molar-refractivity contribution in [1.82, 2.24) is 25.4 Å². The molecule has 57 heavy (non-hydrogen) atoms. The Bertz CT molecular complexity index is 2000. The Morgan fingerprint density at radius 2 is 1.19 bits per heavy atom. The number of hydrogen-bond donors (Lipinski definition) is 2. The van der Waals surface area contributed by atoms with Gasteiger partial charge in [0, 0.05) is 71.2 Å². The maximum Gasteiger partial charge on any atom is 0.159 e. The first kappa shape index (κ1) is 33.1. The summed E-state index contributed by atoms with van der Waals surface area (Å²) in [7, 11) is 0. The molecule has 0 amide bonds. The smallest absolute Gasteiger partial charge is 0.159 e. The molecule has 3 aromatic rings. The topological polar surface area (TPSA) is 49.9 Å². The van der Waals surface area contributed by atoms with Crippen molar-refractivity contribution in [3.8, 4) is 0 Å². The fraction of sp³-hybridized carbons (Fsp3) is 0.571. The molecule has 1 aromatic heterocycles. The van der Waals surface area contributed by atoms with Crippen LogP contribution in [-0.4, -0.2) is 82.9 Å². The van der Waals surface area contributed by atoms with Gasteiger partial charge < -0.3 is 30.2 Å². The van der Waals surface area contributed by atoms with Gasteiger partial charge in [-0.05, 0) is 129 Å². The lowest BCUT2D eigenvalue weighted by atomic mass is 9.18. The van der Waals surface area contributed by atoms with Gasteiger partial charge in [0.05, 0.1) is 18.1 Å². The predicted octanol–water partition coefficient (Wildman–Crippen LogP) is 8.00. The van der Waals surface area contributed by atoms with E-state index in [-0.39, 0.29) is 0 Å². The van der Waals surface area contributed by atoms with Gasteiger partial charge in [-0.15, -0.1) is 0 Å². The van der Waals surface area contributed by atoms with Crippen LogP contribution in [0.25, 0.3) is 0 Å². The van der Waals surface area contributed by atoms with Gasteiger partial charge in [0.1, 0.15) is 11.6 Å². The average molecular weight is 756 g/mol. The molecule has 292 valence electrons. The number of anilines is 2. The number of aromatic nitrogens is 1. The molecule has 0 bridgehead atoms. The molecule has 0 radical (unpaired) electrons. The Hall–Kier alpha value is -3.75. The van der Waals surface area contributed by atoms with Crippen LogP contribution in [0.5, 0.6) is 0 Å².